The SMILES string of the molecule is CCCC1NNC2OC(N)=C(C#N)C(c3ccccc3)C12. The van der Waals surface area contributed by atoms with Crippen LogP contribution in [-0.4, -0.2) is 12.3 Å². The van der Waals surface area contributed by atoms with E-state index in [0.29, 0.717) is 5.57 Å². The van der Waals surface area contributed by atoms with Gasteiger partial charge in [0.15, 0.2) is 6.23 Å². The Bertz CT molecular complexity index is 578. The largest absolute Gasteiger partial charge is 0.458 e. The molecule has 0 amide bonds. The quantitative estimate of drug-likeness (QED) is 0.787. The fourth-order valence-electron chi connectivity index (χ4n) is 3.40. The number of rotatable bonds is 3. The lowest BCUT2D eigenvalue weighted by Gasteiger charge is -2.35. The number of hydrazine groups is 1. The van der Waals surface area contributed by atoms with Crippen LogP contribution >= 0.6 is 0 Å². The van der Waals surface area contributed by atoms with Gasteiger partial charge >= 0.3 is 0 Å². The number of nitrogens with two attached hydrogens (primary N) is 1. The molecule has 4 unspecified atom stereocenters. The molecule has 4 atom stereocenters. The van der Waals surface area contributed by atoms with Crippen molar-refractivity contribution in [3.63, 3.8) is 0 Å². The monoisotopic (exact) mass is 284 g/mol. The molecule has 21 heavy (non-hydrogen) atoms. The fourth-order valence-corrected chi connectivity index (χ4v) is 3.40. The third kappa shape index (κ3) is 2.37. The van der Waals surface area contributed by atoms with Crippen molar-refractivity contribution in [2.45, 2.75) is 38.0 Å². The summed E-state index contributed by atoms with van der Waals surface area (Å²) in [7, 11) is 0. The summed E-state index contributed by atoms with van der Waals surface area (Å²) in [6.45, 7) is 2.16. The zero-order valence-corrected chi connectivity index (χ0v) is 12.0. The topological polar surface area (TPSA) is 83.1 Å². The van der Waals surface area contributed by atoms with Crippen LogP contribution in [0.1, 0.15) is 31.2 Å². The minimum absolute atomic E-state index is 0.0333. The Balaban J connectivity index is 2.05. The van der Waals surface area contributed by atoms with Gasteiger partial charge in [-0.15, -0.1) is 0 Å². The first-order valence-electron chi connectivity index (χ1n) is 7.38. The van der Waals surface area contributed by atoms with E-state index in [9.17, 15) is 5.26 Å². The van der Waals surface area contributed by atoms with E-state index in [1.165, 1.54) is 0 Å². The summed E-state index contributed by atoms with van der Waals surface area (Å²) in [4.78, 5) is 0. The number of fused-ring (bicyclic) bond motifs is 1. The minimum atomic E-state index is -0.191. The fraction of sp³-hybridized carbons (Fsp3) is 0.438. The van der Waals surface area contributed by atoms with Crippen LogP contribution < -0.4 is 16.6 Å². The number of allylic oxidation sites excluding steroid dienone is 1. The number of ether oxygens (including phenoxy) is 1. The molecule has 5 nitrogen and oxygen atoms in total. The second-order valence-electron chi connectivity index (χ2n) is 5.58. The lowest BCUT2D eigenvalue weighted by Crippen LogP contribution is -2.41. The molecule has 110 valence electrons. The van der Waals surface area contributed by atoms with Gasteiger partial charge in [-0.2, -0.15) is 5.26 Å². The Labute approximate surface area is 124 Å². The second kappa shape index (κ2) is 5.76. The molecule has 1 aromatic carbocycles. The van der Waals surface area contributed by atoms with Gasteiger partial charge in [0, 0.05) is 17.9 Å². The molecule has 0 saturated carbocycles. The molecule has 2 aliphatic heterocycles. The number of nitriles is 1. The van der Waals surface area contributed by atoms with E-state index in [1.807, 2.05) is 18.2 Å². The van der Waals surface area contributed by atoms with Crippen molar-refractivity contribution in [3.05, 3.63) is 47.4 Å². The number of nitrogens with one attached hydrogen (secondary N) is 2. The smallest absolute Gasteiger partial charge is 0.200 e. The normalized spacial score (nSPS) is 31.4. The highest BCUT2D eigenvalue weighted by Crippen LogP contribution is 2.43. The molecular weight excluding hydrogens is 264 g/mol. The van der Waals surface area contributed by atoms with Gasteiger partial charge in [-0.05, 0) is 12.0 Å². The van der Waals surface area contributed by atoms with Crippen LogP contribution in [-0.2, 0) is 4.74 Å². The standard InChI is InChI=1S/C16H20N4O/c1-2-6-12-14-13(10-7-4-3-5-8-10)11(9-17)15(18)21-16(14)20-19-12/h3-5,7-8,12-14,16,19-20H,2,6,18H2,1H3. The first-order valence-corrected chi connectivity index (χ1v) is 7.38. The predicted molar refractivity (Wildman–Crippen MR) is 79.3 cm³/mol. The molecule has 3 rings (SSSR count). The molecule has 0 aromatic heterocycles. The van der Waals surface area contributed by atoms with E-state index < -0.39 is 0 Å². The summed E-state index contributed by atoms with van der Waals surface area (Å²) in [5.41, 5.74) is 14.1. The van der Waals surface area contributed by atoms with Crippen LogP contribution in [0.3, 0.4) is 0 Å². The van der Waals surface area contributed by atoms with Crippen molar-refractivity contribution in [2.24, 2.45) is 11.7 Å². The third-order valence-electron chi connectivity index (χ3n) is 4.32. The van der Waals surface area contributed by atoms with Gasteiger partial charge in [0.2, 0.25) is 5.88 Å². The van der Waals surface area contributed by atoms with E-state index in [-0.39, 0.29) is 30.0 Å². The molecule has 0 radical (unpaired) electrons. The van der Waals surface area contributed by atoms with E-state index in [4.69, 9.17) is 10.5 Å². The molecule has 0 bridgehead atoms. The first-order chi connectivity index (χ1) is 10.3. The van der Waals surface area contributed by atoms with E-state index in [0.717, 1.165) is 18.4 Å². The first kappa shape index (κ1) is 13.9. The van der Waals surface area contributed by atoms with Gasteiger partial charge in [-0.1, -0.05) is 43.7 Å². The Kier molecular flexibility index (Phi) is 3.82. The van der Waals surface area contributed by atoms with Crippen molar-refractivity contribution in [2.75, 3.05) is 0 Å². The van der Waals surface area contributed by atoms with Gasteiger partial charge in [-0.25, -0.2) is 5.43 Å². The molecule has 0 spiro atoms. The summed E-state index contributed by atoms with van der Waals surface area (Å²) in [5.74, 6) is 0.363. The molecule has 5 heteroatoms. The van der Waals surface area contributed by atoms with Gasteiger partial charge in [-0.3, -0.25) is 5.43 Å². The second-order valence-corrected chi connectivity index (χ2v) is 5.58. The van der Waals surface area contributed by atoms with Crippen LogP contribution in [0.25, 0.3) is 0 Å². The summed E-state index contributed by atoms with van der Waals surface area (Å²) < 4.78 is 5.70. The summed E-state index contributed by atoms with van der Waals surface area (Å²) in [6, 6.07) is 12.6. The van der Waals surface area contributed by atoms with Gasteiger partial charge in [0.25, 0.3) is 0 Å². The Hall–Kier alpha value is -2.03. The maximum Gasteiger partial charge on any atom is 0.200 e. The lowest BCUT2D eigenvalue weighted by molar-refractivity contribution is 0.0337. The zero-order chi connectivity index (χ0) is 14.8. The maximum atomic E-state index is 9.52. The average molecular weight is 284 g/mol. The highest BCUT2D eigenvalue weighted by atomic mass is 16.5. The van der Waals surface area contributed by atoms with Crippen LogP contribution in [0, 0.1) is 17.2 Å². The maximum absolute atomic E-state index is 9.52. The molecule has 1 fully saturated rings. The summed E-state index contributed by atoms with van der Waals surface area (Å²) >= 11 is 0. The number of nitrogens with zero attached hydrogens (tertiary/aromatic N) is 1. The van der Waals surface area contributed by atoms with Gasteiger partial charge in [0.05, 0.1) is 5.57 Å². The van der Waals surface area contributed by atoms with Crippen molar-refractivity contribution in [1.82, 2.24) is 10.9 Å². The molecule has 2 aliphatic rings. The Morgan fingerprint density at radius 1 is 1.29 bits per heavy atom. The van der Waals surface area contributed by atoms with Crippen LogP contribution in [0.15, 0.2) is 41.8 Å². The molecule has 1 saturated heterocycles. The Morgan fingerprint density at radius 3 is 2.71 bits per heavy atom. The lowest BCUT2D eigenvalue weighted by atomic mass is 9.75. The number of hydrogen-bond donors (Lipinski definition) is 3. The summed E-state index contributed by atoms with van der Waals surface area (Å²) in [6.07, 6.45) is 1.91. The van der Waals surface area contributed by atoms with Crippen molar-refractivity contribution in [1.29, 1.82) is 5.26 Å². The van der Waals surface area contributed by atoms with E-state index in [1.54, 1.807) is 0 Å². The third-order valence-corrected chi connectivity index (χ3v) is 4.32. The number of hydrogen-bond acceptors (Lipinski definition) is 5. The van der Waals surface area contributed by atoms with Gasteiger partial charge < -0.3 is 10.5 Å². The highest BCUT2D eigenvalue weighted by molar-refractivity contribution is 5.41. The van der Waals surface area contributed by atoms with Crippen LogP contribution in [0.5, 0.6) is 0 Å². The summed E-state index contributed by atoms with van der Waals surface area (Å²) in [5, 5.41) is 9.52. The van der Waals surface area contributed by atoms with Crippen molar-refractivity contribution >= 4 is 0 Å². The highest BCUT2D eigenvalue weighted by Gasteiger charge is 2.48. The number of benzene rings is 1. The van der Waals surface area contributed by atoms with E-state index in [2.05, 4.69) is 36.0 Å². The average Bonchev–Trinajstić information content (AvgIpc) is 2.89. The van der Waals surface area contributed by atoms with E-state index >= 15 is 0 Å². The zero-order valence-electron chi connectivity index (χ0n) is 12.0. The molecular formula is C16H20N4O. The molecule has 0 aliphatic carbocycles. The Morgan fingerprint density at radius 2 is 2.05 bits per heavy atom. The molecule has 2 heterocycles. The van der Waals surface area contributed by atoms with Crippen LogP contribution in [0.2, 0.25) is 0 Å². The predicted octanol–water partition coefficient (Wildman–Crippen LogP) is 1.71. The van der Waals surface area contributed by atoms with Gasteiger partial charge in [0.1, 0.15) is 6.07 Å². The minimum Gasteiger partial charge on any atom is -0.458 e. The van der Waals surface area contributed by atoms with Crippen molar-refractivity contribution < 1.29 is 4.74 Å². The molecule has 4 N–H and O–H groups in total. The van der Waals surface area contributed by atoms with Crippen molar-refractivity contribution in [3.8, 4) is 6.07 Å². The van der Waals surface area contributed by atoms with Crippen LogP contribution in [0.4, 0.5) is 0 Å². The molecule has 1 aromatic rings.